The van der Waals surface area contributed by atoms with Crippen molar-refractivity contribution in [2.75, 3.05) is 7.11 Å². The van der Waals surface area contributed by atoms with Gasteiger partial charge in [0.2, 0.25) is 0 Å². The first kappa shape index (κ1) is 13.1. The molecule has 1 aromatic rings. The molecule has 0 aliphatic carbocycles. The number of carbonyl (C=O) groups is 1. The minimum Gasteiger partial charge on any atom is -0.457 e. The second kappa shape index (κ2) is 6.60. The summed E-state index contributed by atoms with van der Waals surface area (Å²) in [5.74, 6) is -0.323. The van der Waals surface area contributed by atoms with Gasteiger partial charge in [-0.15, -0.1) is 11.3 Å². The van der Waals surface area contributed by atoms with Gasteiger partial charge < -0.3 is 9.47 Å². The lowest BCUT2D eigenvalue weighted by Crippen LogP contribution is -2.24. The van der Waals surface area contributed by atoms with Crippen LogP contribution in [0.2, 0.25) is 0 Å². The van der Waals surface area contributed by atoms with Gasteiger partial charge in [0.25, 0.3) is 0 Å². The van der Waals surface area contributed by atoms with E-state index < -0.39 is 6.10 Å². The van der Waals surface area contributed by atoms with Crippen molar-refractivity contribution in [1.82, 2.24) is 4.98 Å². The van der Waals surface area contributed by atoms with Crippen molar-refractivity contribution in [3.05, 3.63) is 16.1 Å². The van der Waals surface area contributed by atoms with Crippen molar-refractivity contribution in [3.8, 4) is 0 Å². The van der Waals surface area contributed by atoms with Crippen molar-refractivity contribution in [1.29, 1.82) is 0 Å². The maximum atomic E-state index is 11.5. The summed E-state index contributed by atoms with van der Waals surface area (Å²) in [7, 11) is 1.51. The fourth-order valence-corrected chi connectivity index (χ4v) is 1.97. The number of rotatable bonds is 6. The highest BCUT2D eigenvalue weighted by Gasteiger charge is 2.17. The number of methoxy groups -OCH3 is 1. The van der Waals surface area contributed by atoms with Crippen LogP contribution in [-0.2, 0) is 27.3 Å². The van der Waals surface area contributed by atoms with Crippen LogP contribution >= 0.6 is 11.3 Å². The highest BCUT2D eigenvalue weighted by Crippen LogP contribution is 2.11. The van der Waals surface area contributed by atoms with Crippen molar-refractivity contribution in [2.45, 2.75) is 39.4 Å². The summed E-state index contributed by atoms with van der Waals surface area (Å²) in [4.78, 5) is 15.8. The summed E-state index contributed by atoms with van der Waals surface area (Å²) in [6.07, 6.45) is 1.06. The lowest BCUT2D eigenvalue weighted by Gasteiger charge is -2.11. The van der Waals surface area contributed by atoms with E-state index in [1.54, 1.807) is 11.3 Å². The number of esters is 1. The van der Waals surface area contributed by atoms with Crippen LogP contribution in [0.5, 0.6) is 0 Å². The fraction of sp³-hybridized carbons (Fsp3) is 0.636. The number of ether oxygens (including phenoxy) is 2. The maximum Gasteiger partial charge on any atom is 0.335 e. The van der Waals surface area contributed by atoms with Crippen molar-refractivity contribution < 1.29 is 14.3 Å². The Labute approximate surface area is 99.6 Å². The first-order chi connectivity index (χ1) is 7.71. The third kappa shape index (κ3) is 3.57. The van der Waals surface area contributed by atoms with Crippen LogP contribution in [0, 0.1) is 0 Å². The molecule has 0 aliphatic heterocycles. The smallest absolute Gasteiger partial charge is 0.335 e. The molecule has 5 heteroatoms. The molecule has 1 heterocycles. The van der Waals surface area contributed by atoms with Gasteiger partial charge in [0.05, 0.1) is 10.7 Å². The molecule has 1 aromatic heterocycles. The number of carbonyl (C=O) groups excluding carboxylic acids is 1. The predicted octanol–water partition coefficient (Wildman–Crippen LogP) is 2.17. The van der Waals surface area contributed by atoms with Crippen LogP contribution in [0.25, 0.3) is 0 Å². The van der Waals surface area contributed by atoms with E-state index in [1.807, 2.05) is 19.2 Å². The van der Waals surface area contributed by atoms with Gasteiger partial charge in [-0.05, 0) is 12.8 Å². The largest absolute Gasteiger partial charge is 0.457 e. The standard InChI is InChI=1S/C11H17NO3S/c1-4-9(14-3)11(13)15-6-8-7-16-10(5-2)12-8/h7,9H,4-6H2,1-3H3/t9-/m1/s1. The lowest BCUT2D eigenvalue weighted by molar-refractivity contribution is -0.157. The highest BCUT2D eigenvalue weighted by atomic mass is 32.1. The number of thiazole rings is 1. The van der Waals surface area contributed by atoms with Crippen LogP contribution < -0.4 is 0 Å². The Bertz CT molecular complexity index is 334. The average molecular weight is 243 g/mol. The highest BCUT2D eigenvalue weighted by molar-refractivity contribution is 7.09. The van der Waals surface area contributed by atoms with Gasteiger partial charge in [0.1, 0.15) is 6.61 Å². The monoisotopic (exact) mass is 243 g/mol. The number of hydrogen-bond donors (Lipinski definition) is 0. The molecule has 1 atom stereocenters. The Kier molecular flexibility index (Phi) is 5.42. The average Bonchev–Trinajstić information content (AvgIpc) is 2.76. The third-order valence-corrected chi connectivity index (χ3v) is 3.22. The molecule has 0 aromatic carbocycles. The molecule has 0 aliphatic rings. The SMILES string of the molecule is CCc1nc(COC(=O)[C@@H](CC)OC)cs1. The van der Waals surface area contributed by atoms with E-state index >= 15 is 0 Å². The third-order valence-electron chi connectivity index (χ3n) is 2.18. The van der Waals surface area contributed by atoms with Gasteiger partial charge in [-0.25, -0.2) is 9.78 Å². The summed E-state index contributed by atoms with van der Waals surface area (Å²) in [6.45, 7) is 4.16. The molecule has 0 fully saturated rings. The molecule has 0 N–H and O–H groups in total. The van der Waals surface area contributed by atoms with Crippen molar-refractivity contribution in [3.63, 3.8) is 0 Å². The van der Waals surface area contributed by atoms with Crippen LogP contribution in [0.3, 0.4) is 0 Å². The summed E-state index contributed by atoms with van der Waals surface area (Å²) in [5.41, 5.74) is 0.807. The Balaban J connectivity index is 2.41. The van der Waals surface area contributed by atoms with Gasteiger partial charge >= 0.3 is 5.97 Å². The van der Waals surface area contributed by atoms with E-state index in [9.17, 15) is 4.79 Å². The fourth-order valence-electron chi connectivity index (χ4n) is 1.25. The van der Waals surface area contributed by atoms with Crippen LogP contribution in [0.15, 0.2) is 5.38 Å². The van der Waals surface area contributed by atoms with E-state index in [1.165, 1.54) is 7.11 Å². The first-order valence-electron chi connectivity index (χ1n) is 5.33. The molecule has 0 amide bonds. The lowest BCUT2D eigenvalue weighted by atomic mass is 10.3. The Morgan fingerprint density at radius 1 is 1.56 bits per heavy atom. The van der Waals surface area contributed by atoms with E-state index in [0.29, 0.717) is 6.42 Å². The summed E-state index contributed by atoms with van der Waals surface area (Å²) >= 11 is 1.59. The van der Waals surface area contributed by atoms with Crippen LogP contribution in [-0.4, -0.2) is 24.2 Å². The van der Waals surface area contributed by atoms with E-state index in [2.05, 4.69) is 4.98 Å². The summed E-state index contributed by atoms with van der Waals surface area (Å²) < 4.78 is 10.1. The molecule has 4 nitrogen and oxygen atoms in total. The molecule has 0 unspecified atom stereocenters. The molecule has 0 saturated heterocycles. The topological polar surface area (TPSA) is 48.4 Å². The molecule has 0 radical (unpaired) electrons. The van der Waals surface area contributed by atoms with Gasteiger partial charge in [-0.1, -0.05) is 13.8 Å². The molecule has 90 valence electrons. The van der Waals surface area contributed by atoms with Gasteiger partial charge in [0.15, 0.2) is 6.10 Å². The van der Waals surface area contributed by atoms with Gasteiger partial charge in [-0.3, -0.25) is 0 Å². The molecule has 0 saturated carbocycles. The Morgan fingerprint density at radius 3 is 2.81 bits per heavy atom. The quantitative estimate of drug-likeness (QED) is 0.718. The normalized spacial score (nSPS) is 12.4. The second-order valence-electron chi connectivity index (χ2n) is 3.33. The Hall–Kier alpha value is -0.940. The zero-order chi connectivity index (χ0) is 12.0. The van der Waals surface area contributed by atoms with E-state index in [0.717, 1.165) is 17.1 Å². The first-order valence-corrected chi connectivity index (χ1v) is 6.21. The molecular formula is C11H17NO3S. The molecule has 1 rings (SSSR count). The number of aryl methyl sites for hydroxylation is 1. The minimum absolute atomic E-state index is 0.231. The summed E-state index contributed by atoms with van der Waals surface area (Å²) in [5, 5.41) is 2.98. The zero-order valence-corrected chi connectivity index (χ0v) is 10.7. The van der Waals surface area contributed by atoms with E-state index in [4.69, 9.17) is 9.47 Å². The van der Waals surface area contributed by atoms with E-state index in [-0.39, 0.29) is 12.6 Å². The molecule has 0 spiro atoms. The van der Waals surface area contributed by atoms with Gasteiger partial charge in [-0.2, -0.15) is 0 Å². The van der Waals surface area contributed by atoms with Crippen molar-refractivity contribution >= 4 is 17.3 Å². The second-order valence-corrected chi connectivity index (χ2v) is 4.27. The van der Waals surface area contributed by atoms with Gasteiger partial charge in [0, 0.05) is 12.5 Å². The number of aromatic nitrogens is 1. The van der Waals surface area contributed by atoms with Crippen LogP contribution in [0.4, 0.5) is 0 Å². The number of nitrogens with zero attached hydrogens (tertiary/aromatic N) is 1. The summed E-state index contributed by atoms with van der Waals surface area (Å²) in [6, 6.07) is 0. The predicted molar refractivity (Wildman–Crippen MR) is 62.4 cm³/mol. The number of hydrogen-bond acceptors (Lipinski definition) is 5. The van der Waals surface area contributed by atoms with Crippen LogP contribution in [0.1, 0.15) is 31.0 Å². The maximum absolute atomic E-state index is 11.5. The minimum atomic E-state index is -0.468. The Morgan fingerprint density at radius 2 is 2.31 bits per heavy atom. The molecule has 0 bridgehead atoms. The molecule has 16 heavy (non-hydrogen) atoms. The molecular weight excluding hydrogens is 226 g/mol. The zero-order valence-electron chi connectivity index (χ0n) is 9.86. The van der Waals surface area contributed by atoms with Crippen molar-refractivity contribution in [2.24, 2.45) is 0 Å².